The van der Waals surface area contributed by atoms with Gasteiger partial charge in [-0.2, -0.15) is 4.98 Å². The number of aromatic nitrogens is 2. The van der Waals surface area contributed by atoms with E-state index in [9.17, 15) is 4.79 Å². The third-order valence-corrected chi connectivity index (χ3v) is 2.88. The molecule has 3 N–H and O–H groups in total. The van der Waals surface area contributed by atoms with Crippen molar-refractivity contribution in [2.45, 2.75) is 19.8 Å². The molecule has 1 saturated heterocycles. The van der Waals surface area contributed by atoms with Crippen molar-refractivity contribution < 1.29 is 9.53 Å². The summed E-state index contributed by atoms with van der Waals surface area (Å²) in [5.74, 6) is 1.10. The fourth-order valence-corrected chi connectivity index (χ4v) is 1.92. The molecule has 0 atom stereocenters. The van der Waals surface area contributed by atoms with E-state index >= 15 is 0 Å². The van der Waals surface area contributed by atoms with Crippen LogP contribution in [-0.2, 0) is 4.79 Å². The Kier molecular flexibility index (Phi) is 4.38. The number of nitrogens with two attached hydrogens (primary N) is 1. The summed E-state index contributed by atoms with van der Waals surface area (Å²) in [6.07, 6.45) is 2.77. The van der Waals surface area contributed by atoms with Gasteiger partial charge in [-0.1, -0.05) is 6.92 Å². The van der Waals surface area contributed by atoms with Gasteiger partial charge in [-0.3, -0.25) is 4.79 Å². The Morgan fingerprint density at radius 1 is 1.47 bits per heavy atom. The van der Waals surface area contributed by atoms with Crippen molar-refractivity contribution in [3.05, 3.63) is 6.33 Å². The average Bonchev–Trinajstić information content (AvgIpc) is 2.62. The fourth-order valence-electron chi connectivity index (χ4n) is 1.92. The summed E-state index contributed by atoms with van der Waals surface area (Å²) in [7, 11) is 0. The van der Waals surface area contributed by atoms with Crippen LogP contribution in [0.25, 0.3) is 0 Å². The number of anilines is 2. The Morgan fingerprint density at radius 3 is 3.11 bits per heavy atom. The topological polar surface area (TPSA) is 93.4 Å². The van der Waals surface area contributed by atoms with E-state index in [2.05, 4.69) is 15.3 Å². The Hall–Kier alpha value is -2.05. The second-order valence-electron chi connectivity index (χ2n) is 4.35. The van der Waals surface area contributed by atoms with Crippen molar-refractivity contribution in [1.29, 1.82) is 0 Å². The van der Waals surface area contributed by atoms with E-state index in [1.54, 1.807) is 0 Å². The first-order valence-electron chi connectivity index (χ1n) is 6.47. The Balaban J connectivity index is 2.16. The smallest absolute Gasteiger partial charge is 0.242 e. The molecule has 1 aliphatic rings. The third-order valence-electron chi connectivity index (χ3n) is 2.88. The van der Waals surface area contributed by atoms with Crippen LogP contribution in [0.3, 0.4) is 0 Å². The van der Waals surface area contributed by atoms with Crippen molar-refractivity contribution in [2.75, 3.05) is 36.9 Å². The number of carbonyl (C=O) groups is 1. The molecule has 1 amide bonds. The molecule has 1 aliphatic heterocycles. The van der Waals surface area contributed by atoms with Crippen LogP contribution >= 0.6 is 0 Å². The predicted molar refractivity (Wildman–Crippen MR) is 72.1 cm³/mol. The third kappa shape index (κ3) is 3.24. The number of hydrogen-bond acceptors (Lipinski definition) is 6. The van der Waals surface area contributed by atoms with Gasteiger partial charge < -0.3 is 20.7 Å². The molecule has 0 radical (unpaired) electrons. The molecule has 7 heteroatoms. The number of nitrogen functional groups attached to an aromatic ring is 1. The standard InChI is InChI=1S/C12H19N5O2/c1-2-7-19-12-10(13)11(15-8-16-12)17-5-3-9(18)14-4-6-17/h8H,2-7,13H2,1H3,(H,14,18). The minimum atomic E-state index is 0.0533. The molecule has 0 spiro atoms. The lowest BCUT2D eigenvalue weighted by Gasteiger charge is -2.22. The van der Waals surface area contributed by atoms with Crippen LogP contribution in [0.2, 0.25) is 0 Å². The minimum absolute atomic E-state index is 0.0533. The van der Waals surface area contributed by atoms with Crippen LogP contribution in [0.4, 0.5) is 11.5 Å². The van der Waals surface area contributed by atoms with E-state index in [4.69, 9.17) is 10.5 Å². The highest BCUT2D eigenvalue weighted by molar-refractivity contribution is 5.78. The average molecular weight is 265 g/mol. The SMILES string of the molecule is CCCOc1ncnc(N2CCNC(=O)CC2)c1N. The Bertz CT molecular complexity index is 452. The molecule has 0 unspecified atom stereocenters. The number of nitrogens with one attached hydrogen (secondary N) is 1. The van der Waals surface area contributed by atoms with Crippen LogP contribution < -0.4 is 20.7 Å². The monoisotopic (exact) mass is 265 g/mol. The molecule has 2 heterocycles. The van der Waals surface area contributed by atoms with E-state index in [0.717, 1.165) is 6.42 Å². The minimum Gasteiger partial charge on any atom is -0.476 e. The van der Waals surface area contributed by atoms with E-state index in [1.165, 1.54) is 6.33 Å². The highest BCUT2D eigenvalue weighted by atomic mass is 16.5. The first kappa shape index (κ1) is 13.4. The van der Waals surface area contributed by atoms with Gasteiger partial charge in [-0.25, -0.2) is 4.98 Å². The number of ether oxygens (including phenoxy) is 1. The second kappa shape index (κ2) is 6.21. The van der Waals surface area contributed by atoms with Gasteiger partial charge in [0.2, 0.25) is 11.8 Å². The van der Waals surface area contributed by atoms with Crippen LogP contribution in [0, 0.1) is 0 Å². The lowest BCUT2D eigenvalue weighted by Crippen LogP contribution is -2.29. The quantitative estimate of drug-likeness (QED) is 0.806. The first-order valence-corrected chi connectivity index (χ1v) is 6.47. The van der Waals surface area contributed by atoms with E-state index < -0.39 is 0 Å². The molecule has 1 aromatic rings. The summed E-state index contributed by atoms with van der Waals surface area (Å²) in [4.78, 5) is 21.6. The van der Waals surface area contributed by atoms with Gasteiger partial charge in [0.1, 0.15) is 12.0 Å². The molecule has 1 aromatic heterocycles. The first-order chi connectivity index (χ1) is 9.22. The van der Waals surface area contributed by atoms with Crippen LogP contribution in [0.1, 0.15) is 19.8 Å². The molecular formula is C12H19N5O2. The van der Waals surface area contributed by atoms with E-state index in [1.807, 2.05) is 11.8 Å². The van der Waals surface area contributed by atoms with Crippen LogP contribution in [0.5, 0.6) is 5.88 Å². The lowest BCUT2D eigenvalue weighted by molar-refractivity contribution is -0.120. The summed E-state index contributed by atoms with van der Waals surface area (Å²) in [6.45, 7) is 4.46. The van der Waals surface area contributed by atoms with Crippen molar-refractivity contribution in [2.24, 2.45) is 0 Å². The van der Waals surface area contributed by atoms with Gasteiger partial charge in [0.25, 0.3) is 0 Å². The van der Waals surface area contributed by atoms with Crippen molar-refractivity contribution in [3.8, 4) is 5.88 Å². The van der Waals surface area contributed by atoms with Crippen molar-refractivity contribution >= 4 is 17.4 Å². The van der Waals surface area contributed by atoms with Crippen molar-refractivity contribution in [1.82, 2.24) is 15.3 Å². The second-order valence-corrected chi connectivity index (χ2v) is 4.35. The molecule has 7 nitrogen and oxygen atoms in total. The zero-order valence-corrected chi connectivity index (χ0v) is 11.1. The summed E-state index contributed by atoms with van der Waals surface area (Å²) >= 11 is 0. The zero-order valence-electron chi connectivity index (χ0n) is 11.1. The summed E-state index contributed by atoms with van der Waals surface area (Å²) in [6, 6.07) is 0. The predicted octanol–water partition coefficient (Wildman–Crippen LogP) is 0.174. The van der Waals surface area contributed by atoms with Gasteiger partial charge in [0.05, 0.1) is 6.61 Å². The van der Waals surface area contributed by atoms with Crippen LogP contribution in [-0.4, -0.2) is 42.1 Å². The summed E-state index contributed by atoms with van der Waals surface area (Å²) in [5, 5.41) is 2.82. The summed E-state index contributed by atoms with van der Waals surface area (Å²) < 4.78 is 5.48. The largest absolute Gasteiger partial charge is 0.476 e. The maximum atomic E-state index is 11.3. The van der Waals surface area contributed by atoms with Gasteiger partial charge in [-0.15, -0.1) is 0 Å². The molecule has 0 saturated carbocycles. The molecule has 1 fully saturated rings. The number of nitrogens with zero attached hydrogens (tertiary/aromatic N) is 3. The fraction of sp³-hybridized carbons (Fsp3) is 0.583. The molecule has 104 valence electrons. The van der Waals surface area contributed by atoms with Gasteiger partial charge >= 0.3 is 0 Å². The number of amides is 1. The number of rotatable bonds is 4. The molecule has 2 rings (SSSR count). The molecule has 0 aliphatic carbocycles. The highest BCUT2D eigenvalue weighted by Gasteiger charge is 2.19. The zero-order chi connectivity index (χ0) is 13.7. The van der Waals surface area contributed by atoms with Gasteiger partial charge in [0, 0.05) is 26.1 Å². The lowest BCUT2D eigenvalue weighted by atomic mass is 10.3. The number of hydrogen-bond donors (Lipinski definition) is 2. The number of carbonyl (C=O) groups excluding carboxylic acids is 1. The molecule has 19 heavy (non-hydrogen) atoms. The molecular weight excluding hydrogens is 246 g/mol. The van der Waals surface area contributed by atoms with Gasteiger partial charge in [-0.05, 0) is 6.42 Å². The molecule has 0 bridgehead atoms. The maximum absolute atomic E-state index is 11.3. The normalized spacial score (nSPS) is 15.8. The van der Waals surface area contributed by atoms with Crippen LogP contribution in [0.15, 0.2) is 6.33 Å². The van der Waals surface area contributed by atoms with E-state index in [-0.39, 0.29) is 5.91 Å². The van der Waals surface area contributed by atoms with Gasteiger partial charge in [0.15, 0.2) is 5.82 Å². The Labute approximate surface area is 112 Å². The van der Waals surface area contributed by atoms with E-state index in [0.29, 0.717) is 50.0 Å². The highest BCUT2D eigenvalue weighted by Crippen LogP contribution is 2.28. The van der Waals surface area contributed by atoms with Crippen molar-refractivity contribution in [3.63, 3.8) is 0 Å². The maximum Gasteiger partial charge on any atom is 0.242 e. The molecule has 0 aromatic carbocycles. The Morgan fingerprint density at radius 2 is 2.32 bits per heavy atom. The summed E-state index contributed by atoms with van der Waals surface area (Å²) in [5.41, 5.74) is 6.48.